The first-order valence-corrected chi connectivity index (χ1v) is 12.8. The first kappa shape index (κ1) is 23.7. The molecule has 1 N–H and O–H groups in total. The van der Waals surface area contributed by atoms with Gasteiger partial charge in [-0.05, 0) is 54.5 Å². The normalized spacial score (nSPS) is 18.4. The third-order valence-electron chi connectivity index (χ3n) is 7.34. The smallest absolute Gasteiger partial charge is 0.228 e. The van der Waals surface area contributed by atoms with Crippen molar-refractivity contribution in [3.8, 4) is 5.75 Å². The summed E-state index contributed by atoms with van der Waals surface area (Å²) < 4.78 is 10.8. The average Bonchev–Trinajstić information content (AvgIpc) is 3.49. The number of nitrogens with zero attached hydrogens (tertiary/aromatic N) is 4. The number of fused-ring (bicyclic) bond motifs is 4. The molecule has 5 rings (SSSR count). The summed E-state index contributed by atoms with van der Waals surface area (Å²) in [6.45, 7) is 3.94. The van der Waals surface area contributed by atoms with E-state index in [1.54, 1.807) is 31.9 Å². The molecule has 0 spiro atoms. The van der Waals surface area contributed by atoms with Crippen LogP contribution in [0.2, 0.25) is 0 Å². The van der Waals surface area contributed by atoms with Crippen molar-refractivity contribution < 1.29 is 14.3 Å². The molecule has 1 amide bonds. The first-order valence-electron chi connectivity index (χ1n) is 12.0. The molecule has 0 saturated heterocycles. The molecule has 3 aromatic rings. The quantitative estimate of drug-likeness (QED) is 0.501. The second-order valence-corrected chi connectivity index (χ2v) is 10.4. The van der Waals surface area contributed by atoms with Crippen LogP contribution in [-0.4, -0.2) is 61.4 Å². The molecule has 1 aromatic carbocycles. The zero-order chi connectivity index (χ0) is 24.6. The fourth-order valence-electron chi connectivity index (χ4n) is 5.20. The predicted molar refractivity (Wildman–Crippen MR) is 139 cm³/mol. The summed E-state index contributed by atoms with van der Waals surface area (Å²) >= 11 is 1.68. The van der Waals surface area contributed by atoms with Crippen LogP contribution < -0.4 is 10.1 Å². The van der Waals surface area contributed by atoms with E-state index in [0.717, 1.165) is 64.3 Å². The molecule has 1 aliphatic heterocycles. The van der Waals surface area contributed by atoms with Gasteiger partial charge in [0.2, 0.25) is 5.91 Å². The number of aliphatic imine (C=N–C) groups is 1. The van der Waals surface area contributed by atoms with Gasteiger partial charge in [0, 0.05) is 31.8 Å². The number of benzene rings is 1. The second kappa shape index (κ2) is 9.54. The standard InChI is InChI=1S/C26H31N5O3S/c1-5-26(25(32)31(2)8-9-33-3)7-6-18-21(12-26)35-24-22(18)23(28-15-29-24)30-19-10-16-13-27-14-17(16)11-20(19)34-4/h10-11,13,15H,5-9,12,14H2,1-4H3,(H,28,29,30)/t26-/m1/s1. The van der Waals surface area contributed by atoms with Crippen molar-refractivity contribution in [3.05, 3.63) is 40.0 Å². The van der Waals surface area contributed by atoms with Gasteiger partial charge in [0.25, 0.3) is 0 Å². The number of rotatable bonds is 8. The zero-order valence-electron chi connectivity index (χ0n) is 20.7. The highest BCUT2D eigenvalue weighted by Crippen LogP contribution is 2.47. The van der Waals surface area contributed by atoms with Gasteiger partial charge in [-0.2, -0.15) is 0 Å². The van der Waals surface area contributed by atoms with Gasteiger partial charge < -0.3 is 19.7 Å². The van der Waals surface area contributed by atoms with Crippen LogP contribution in [0.1, 0.15) is 41.3 Å². The summed E-state index contributed by atoms with van der Waals surface area (Å²) in [4.78, 5) is 31.0. The number of carbonyl (C=O) groups excluding carboxylic acids is 1. The van der Waals surface area contributed by atoms with Gasteiger partial charge >= 0.3 is 0 Å². The number of hydrogen-bond acceptors (Lipinski definition) is 8. The number of carbonyl (C=O) groups is 1. The number of nitrogens with one attached hydrogen (secondary N) is 1. The van der Waals surface area contributed by atoms with E-state index in [9.17, 15) is 4.79 Å². The lowest BCUT2D eigenvalue weighted by atomic mass is 9.71. The van der Waals surface area contributed by atoms with Crippen LogP contribution in [0.4, 0.5) is 11.5 Å². The second-order valence-electron chi connectivity index (χ2n) is 9.28. The lowest BCUT2D eigenvalue weighted by Gasteiger charge is -2.38. The van der Waals surface area contributed by atoms with Gasteiger partial charge in [-0.25, -0.2) is 9.97 Å². The Labute approximate surface area is 209 Å². The average molecular weight is 494 g/mol. The highest BCUT2D eigenvalue weighted by atomic mass is 32.1. The van der Waals surface area contributed by atoms with E-state index in [2.05, 4.69) is 33.3 Å². The zero-order valence-corrected chi connectivity index (χ0v) is 21.5. The molecular weight excluding hydrogens is 462 g/mol. The third kappa shape index (κ3) is 4.16. The van der Waals surface area contributed by atoms with Crippen LogP contribution in [0, 0.1) is 5.41 Å². The SMILES string of the molecule is CC[C@@]1(C(=O)N(C)CCOC)CCc2c(sc3ncnc(Nc4cc5c(cc4OC)CN=C5)c23)C1. The maximum Gasteiger partial charge on any atom is 0.228 e. The summed E-state index contributed by atoms with van der Waals surface area (Å²) in [5.41, 5.74) is 3.97. The maximum absolute atomic E-state index is 13.5. The highest BCUT2D eigenvalue weighted by molar-refractivity contribution is 7.19. The molecule has 2 aromatic heterocycles. The maximum atomic E-state index is 13.5. The number of ether oxygens (including phenoxy) is 2. The number of likely N-dealkylation sites (N-methyl/N-ethyl adjacent to an activating group) is 1. The Morgan fingerprint density at radius 2 is 2.14 bits per heavy atom. The van der Waals surface area contributed by atoms with Crippen LogP contribution in [0.25, 0.3) is 10.2 Å². The molecule has 1 aliphatic carbocycles. The number of aryl methyl sites for hydroxylation is 1. The number of anilines is 2. The monoisotopic (exact) mass is 493 g/mol. The molecule has 2 aliphatic rings. The van der Waals surface area contributed by atoms with Gasteiger partial charge in [0.15, 0.2) is 0 Å². The minimum atomic E-state index is -0.389. The number of methoxy groups -OCH3 is 2. The van der Waals surface area contributed by atoms with Crippen molar-refractivity contribution in [2.75, 3.05) is 39.7 Å². The molecule has 9 heteroatoms. The van der Waals surface area contributed by atoms with Crippen molar-refractivity contribution in [1.29, 1.82) is 0 Å². The first-order chi connectivity index (χ1) is 17.0. The molecule has 0 unspecified atom stereocenters. The molecule has 35 heavy (non-hydrogen) atoms. The van der Waals surface area contributed by atoms with Gasteiger partial charge in [0.05, 0.1) is 36.8 Å². The number of thiophene rings is 1. The number of hydrogen-bond donors (Lipinski definition) is 1. The van der Waals surface area contributed by atoms with Crippen LogP contribution >= 0.6 is 11.3 Å². The summed E-state index contributed by atoms with van der Waals surface area (Å²) in [7, 11) is 5.22. The lowest BCUT2D eigenvalue weighted by molar-refractivity contribution is -0.142. The topological polar surface area (TPSA) is 88.9 Å². The van der Waals surface area contributed by atoms with Crippen LogP contribution in [0.5, 0.6) is 5.75 Å². The Bertz CT molecular complexity index is 1300. The van der Waals surface area contributed by atoms with Crippen molar-refractivity contribution in [1.82, 2.24) is 14.9 Å². The molecule has 3 heterocycles. The van der Waals surface area contributed by atoms with E-state index in [0.29, 0.717) is 19.7 Å². The Kier molecular flexibility index (Phi) is 6.46. The molecule has 8 nitrogen and oxygen atoms in total. The van der Waals surface area contributed by atoms with E-state index in [1.165, 1.54) is 10.4 Å². The van der Waals surface area contributed by atoms with Gasteiger partial charge in [-0.1, -0.05) is 6.92 Å². The Morgan fingerprint density at radius 3 is 2.91 bits per heavy atom. The van der Waals surface area contributed by atoms with Crippen molar-refractivity contribution in [3.63, 3.8) is 0 Å². The molecular formula is C26H31N5O3S. The minimum absolute atomic E-state index is 0.203. The lowest BCUT2D eigenvalue weighted by Crippen LogP contribution is -2.45. The summed E-state index contributed by atoms with van der Waals surface area (Å²) in [5.74, 6) is 1.74. The van der Waals surface area contributed by atoms with Gasteiger partial charge in [0.1, 0.15) is 22.7 Å². The molecule has 1 atom stereocenters. The fraction of sp³-hybridized carbons (Fsp3) is 0.462. The van der Waals surface area contributed by atoms with E-state index in [4.69, 9.17) is 9.47 Å². The van der Waals surface area contributed by atoms with Crippen molar-refractivity contribution >= 4 is 45.2 Å². The van der Waals surface area contributed by atoms with Crippen LogP contribution in [0.3, 0.4) is 0 Å². The van der Waals surface area contributed by atoms with Crippen LogP contribution in [0.15, 0.2) is 23.5 Å². The van der Waals surface area contributed by atoms with Gasteiger partial charge in [-0.3, -0.25) is 9.79 Å². The van der Waals surface area contributed by atoms with Crippen molar-refractivity contribution in [2.24, 2.45) is 10.4 Å². The molecule has 0 bridgehead atoms. The predicted octanol–water partition coefficient (Wildman–Crippen LogP) is 4.37. The molecule has 0 fully saturated rings. The Balaban J connectivity index is 1.49. The summed E-state index contributed by atoms with van der Waals surface area (Å²) in [6.07, 6.45) is 6.67. The van der Waals surface area contributed by atoms with E-state index in [-0.39, 0.29) is 11.3 Å². The fourth-order valence-corrected chi connectivity index (χ4v) is 6.53. The molecule has 0 saturated carbocycles. The van der Waals surface area contributed by atoms with E-state index < -0.39 is 0 Å². The number of aromatic nitrogens is 2. The Hall–Kier alpha value is -3.04. The summed E-state index contributed by atoms with van der Waals surface area (Å²) in [5, 5.41) is 4.56. The summed E-state index contributed by atoms with van der Waals surface area (Å²) in [6, 6.07) is 4.10. The van der Waals surface area contributed by atoms with E-state index in [1.807, 2.05) is 24.2 Å². The Morgan fingerprint density at radius 1 is 1.29 bits per heavy atom. The van der Waals surface area contributed by atoms with Crippen LogP contribution in [-0.2, 0) is 28.9 Å². The number of amides is 1. The largest absolute Gasteiger partial charge is 0.495 e. The molecule has 184 valence electrons. The minimum Gasteiger partial charge on any atom is -0.495 e. The highest BCUT2D eigenvalue weighted by Gasteiger charge is 2.43. The third-order valence-corrected chi connectivity index (χ3v) is 8.48. The van der Waals surface area contributed by atoms with Gasteiger partial charge in [-0.15, -0.1) is 11.3 Å². The van der Waals surface area contributed by atoms with E-state index >= 15 is 0 Å². The van der Waals surface area contributed by atoms with Crippen molar-refractivity contribution in [2.45, 2.75) is 39.2 Å². The molecule has 0 radical (unpaired) electrons.